The Balaban J connectivity index is 1.58. The summed E-state index contributed by atoms with van der Waals surface area (Å²) >= 11 is 1.48. The van der Waals surface area contributed by atoms with E-state index >= 15 is 0 Å². The quantitative estimate of drug-likeness (QED) is 0.641. The van der Waals surface area contributed by atoms with Gasteiger partial charge >= 0.3 is 0 Å². The number of carbonyl (C=O) groups excluding carboxylic acids is 2. The molecule has 2 N–H and O–H groups in total. The molecule has 0 spiro atoms. The van der Waals surface area contributed by atoms with Gasteiger partial charge in [0.15, 0.2) is 0 Å². The second kappa shape index (κ2) is 10.5. The summed E-state index contributed by atoms with van der Waals surface area (Å²) in [4.78, 5) is 25.9. The average Bonchev–Trinajstić information content (AvgIpc) is 3.17. The van der Waals surface area contributed by atoms with E-state index in [9.17, 15) is 9.59 Å². The van der Waals surface area contributed by atoms with E-state index in [1.807, 2.05) is 23.6 Å². The number of benzene rings is 1. The molecule has 0 radical (unpaired) electrons. The van der Waals surface area contributed by atoms with Crippen LogP contribution in [0.1, 0.15) is 30.1 Å². The molecule has 0 atom stereocenters. The number of amides is 2. The molecule has 5 nitrogen and oxygen atoms in total. The van der Waals surface area contributed by atoms with Crippen LogP contribution in [0.25, 0.3) is 0 Å². The van der Waals surface area contributed by atoms with Gasteiger partial charge < -0.3 is 15.5 Å². The predicted molar refractivity (Wildman–Crippen MR) is 103 cm³/mol. The highest BCUT2D eigenvalue weighted by Gasteiger charge is 2.07. The average molecular weight is 359 g/mol. The lowest BCUT2D eigenvalue weighted by Gasteiger charge is -2.23. The van der Waals surface area contributed by atoms with Crippen molar-refractivity contribution in [2.45, 2.75) is 19.8 Å². The van der Waals surface area contributed by atoms with Crippen molar-refractivity contribution in [2.75, 3.05) is 31.1 Å². The van der Waals surface area contributed by atoms with Crippen LogP contribution in [0, 0.1) is 0 Å². The Morgan fingerprint density at radius 2 is 1.88 bits per heavy atom. The third-order valence-corrected chi connectivity index (χ3v) is 4.53. The summed E-state index contributed by atoms with van der Waals surface area (Å²) in [5.41, 5.74) is 1.85. The van der Waals surface area contributed by atoms with Gasteiger partial charge in [-0.3, -0.25) is 9.59 Å². The summed E-state index contributed by atoms with van der Waals surface area (Å²) < 4.78 is 0. The molecule has 0 aliphatic heterocycles. The molecule has 2 amide bonds. The van der Waals surface area contributed by atoms with Crippen molar-refractivity contribution >= 4 is 28.8 Å². The van der Waals surface area contributed by atoms with Crippen LogP contribution >= 0.6 is 11.3 Å². The molecule has 0 bridgehead atoms. The van der Waals surface area contributed by atoms with Crippen molar-refractivity contribution in [1.29, 1.82) is 0 Å². The summed E-state index contributed by atoms with van der Waals surface area (Å²) in [7, 11) is 0. The van der Waals surface area contributed by atoms with Crippen LogP contribution in [-0.2, 0) is 4.79 Å². The Bertz CT molecular complexity index is 644. The molecule has 6 heteroatoms. The van der Waals surface area contributed by atoms with Crippen molar-refractivity contribution in [3.05, 3.63) is 52.7 Å². The zero-order chi connectivity index (χ0) is 17.9. The van der Waals surface area contributed by atoms with Gasteiger partial charge in [0.1, 0.15) is 0 Å². The minimum absolute atomic E-state index is 0.0339. The fourth-order valence-electron chi connectivity index (χ4n) is 2.48. The fraction of sp³-hybridized carbons (Fsp3) is 0.368. The first-order valence-electron chi connectivity index (χ1n) is 8.57. The van der Waals surface area contributed by atoms with Gasteiger partial charge in [-0.05, 0) is 36.9 Å². The first-order chi connectivity index (χ1) is 12.2. The van der Waals surface area contributed by atoms with Gasteiger partial charge in [-0.2, -0.15) is 11.3 Å². The summed E-state index contributed by atoms with van der Waals surface area (Å²) in [5.74, 6) is -0.163. The van der Waals surface area contributed by atoms with Gasteiger partial charge in [-0.1, -0.05) is 18.2 Å². The second-order valence-electron chi connectivity index (χ2n) is 5.64. The highest BCUT2D eigenvalue weighted by Crippen LogP contribution is 2.12. The molecule has 0 unspecified atom stereocenters. The van der Waals surface area contributed by atoms with E-state index < -0.39 is 0 Å². The first-order valence-corrected chi connectivity index (χ1v) is 9.52. The molecule has 1 aromatic heterocycles. The lowest BCUT2D eigenvalue weighted by molar-refractivity contribution is -0.120. The van der Waals surface area contributed by atoms with Crippen LogP contribution < -0.4 is 15.5 Å². The van der Waals surface area contributed by atoms with Gasteiger partial charge in [0.25, 0.3) is 5.91 Å². The molecule has 25 heavy (non-hydrogen) atoms. The van der Waals surface area contributed by atoms with Crippen LogP contribution in [0.5, 0.6) is 0 Å². The van der Waals surface area contributed by atoms with E-state index in [2.05, 4.69) is 34.6 Å². The smallest absolute Gasteiger partial charge is 0.252 e. The van der Waals surface area contributed by atoms with Gasteiger partial charge in [0.2, 0.25) is 5.91 Å². The van der Waals surface area contributed by atoms with E-state index in [0.717, 1.165) is 19.5 Å². The van der Waals surface area contributed by atoms with E-state index in [1.165, 1.54) is 17.0 Å². The molecule has 1 heterocycles. The molecule has 0 fully saturated rings. The van der Waals surface area contributed by atoms with Crippen LogP contribution in [0.15, 0.2) is 47.2 Å². The van der Waals surface area contributed by atoms with E-state index in [-0.39, 0.29) is 11.8 Å². The van der Waals surface area contributed by atoms with E-state index in [4.69, 9.17) is 0 Å². The van der Waals surface area contributed by atoms with Gasteiger partial charge in [-0.25, -0.2) is 0 Å². The topological polar surface area (TPSA) is 61.4 Å². The molecule has 0 saturated heterocycles. The lowest BCUT2D eigenvalue weighted by atomic mass is 10.2. The van der Waals surface area contributed by atoms with Crippen molar-refractivity contribution in [3.8, 4) is 0 Å². The molecule has 134 valence electrons. The molecule has 0 aliphatic carbocycles. The lowest BCUT2D eigenvalue weighted by Crippen LogP contribution is -2.32. The minimum Gasteiger partial charge on any atom is -0.372 e. The predicted octanol–water partition coefficient (Wildman–Crippen LogP) is 2.90. The SMILES string of the molecule is CCN(CCCNC(=O)CCNC(=O)c1ccsc1)c1ccccc1. The number of rotatable bonds is 10. The Morgan fingerprint density at radius 1 is 1.08 bits per heavy atom. The number of carbonyl (C=O) groups is 2. The Hall–Kier alpha value is -2.34. The first kappa shape index (κ1) is 19.0. The van der Waals surface area contributed by atoms with Crippen LogP contribution in [0.3, 0.4) is 0 Å². The third-order valence-electron chi connectivity index (χ3n) is 3.85. The van der Waals surface area contributed by atoms with E-state index in [0.29, 0.717) is 25.1 Å². The monoisotopic (exact) mass is 359 g/mol. The summed E-state index contributed by atoms with van der Waals surface area (Å²) in [6.07, 6.45) is 1.18. The van der Waals surface area contributed by atoms with Crippen molar-refractivity contribution in [3.63, 3.8) is 0 Å². The van der Waals surface area contributed by atoms with Crippen LogP contribution in [0.4, 0.5) is 5.69 Å². The van der Waals surface area contributed by atoms with Gasteiger partial charge in [0.05, 0.1) is 0 Å². The number of thiophene rings is 1. The number of hydrogen-bond acceptors (Lipinski definition) is 4. The fourth-order valence-corrected chi connectivity index (χ4v) is 3.12. The van der Waals surface area contributed by atoms with Crippen LogP contribution in [0.2, 0.25) is 0 Å². The molecule has 0 aliphatic rings. The maximum absolute atomic E-state index is 11.8. The number of nitrogens with zero attached hydrogens (tertiary/aromatic N) is 1. The number of nitrogens with one attached hydrogen (secondary N) is 2. The standard InChI is InChI=1S/C19H25N3O2S/c1-2-22(17-7-4-3-5-8-17)13-6-11-20-18(23)9-12-21-19(24)16-10-14-25-15-16/h3-5,7-8,10,14-15H,2,6,9,11-13H2,1H3,(H,20,23)(H,21,24). The molecule has 1 aromatic carbocycles. The molecular weight excluding hydrogens is 334 g/mol. The zero-order valence-electron chi connectivity index (χ0n) is 14.5. The van der Waals surface area contributed by atoms with Gasteiger partial charge in [0, 0.05) is 49.2 Å². The summed E-state index contributed by atoms with van der Waals surface area (Å²) in [5, 5.41) is 9.31. The van der Waals surface area contributed by atoms with E-state index in [1.54, 1.807) is 11.4 Å². The second-order valence-corrected chi connectivity index (χ2v) is 6.42. The highest BCUT2D eigenvalue weighted by molar-refractivity contribution is 7.08. The summed E-state index contributed by atoms with van der Waals surface area (Å²) in [6.45, 7) is 4.95. The molecule has 0 saturated carbocycles. The maximum Gasteiger partial charge on any atom is 0.252 e. The Labute approximate surface area is 153 Å². The third kappa shape index (κ3) is 6.58. The Morgan fingerprint density at radius 3 is 2.56 bits per heavy atom. The largest absolute Gasteiger partial charge is 0.372 e. The van der Waals surface area contributed by atoms with Gasteiger partial charge in [-0.15, -0.1) is 0 Å². The zero-order valence-corrected chi connectivity index (χ0v) is 15.3. The highest BCUT2D eigenvalue weighted by atomic mass is 32.1. The molecule has 2 aromatic rings. The van der Waals surface area contributed by atoms with Crippen molar-refractivity contribution < 1.29 is 9.59 Å². The van der Waals surface area contributed by atoms with Crippen molar-refractivity contribution in [2.24, 2.45) is 0 Å². The maximum atomic E-state index is 11.8. The summed E-state index contributed by atoms with van der Waals surface area (Å²) in [6, 6.07) is 12.0. The number of para-hydroxylation sites is 1. The minimum atomic E-state index is -0.129. The Kier molecular flexibility index (Phi) is 7.98. The molecular formula is C19H25N3O2S. The normalized spacial score (nSPS) is 10.3. The molecule has 2 rings (SSSR count). The number of hydrogen-bond donors (Lipinski definition) is 2. The number of anilines is 1. The van der Waals surface area contributed by atoms with Crippen molar-refractivity contribution in [1.82, 2.24) is 10.6 Å². The van der Waals surface area contributed by atoms with Crippen LogP contribution in [-0.4, -0.2) is 38.0 Å².